The summed E-state index contributed by atoms with van der Waals surface area (Å²) in [6.45, 7) is 2.16. The van der Waals surface area contributed by atoms with Gasteiger partial charge >= 0.3 is 6.09 Å². The van der Waals surface area contributed by atoms with Crippen molar-refractivity contribution in [2.75, 3.05) is 13.2 Å². The van der Waals surface area contributed by atoms with Crippen LogP contribution in [-0.2, 0) is 11.2 Å². The van der Waals surface area contributed by atoms with Crippen LogP contribution >= 0.6 is 11.3 Å². The Labute approximate surface area is 180 Å². The van der Waals surface area contributed by atoms with Crippen LogP contribution in [0.3, 0.4) is 0 Å². The molecule has 0 saturated heterocycles. The van der Waals surface area contributed by atoms with E-state index in [1.54, 1.807) is 0 Å². The number of aryl methyl sites for hydroxylation is 1. The fourth-order valence-electron chi connectivity index (χ4n) is 3.88. The third-order valence-corrected chi connectivity index (χ3v) is 6.79. The number of ether oxygens (including phenoxy) is 1. The molecule has 2 unspecified atom stereocenters. The third kappa shape index (κ3) is 4.12. The maximum Gasteiger partial charge on any atom is 0.407 e. The molecule has 3 N–H and O–H groups in total. The first-order chi connectivity index (χ1) is 14.6. The average Bonchev–Trinajstić information content (AvgIpc) is 3.38. The van der Waals surface area contributed by atoms with Crippen molar-refractivity contribution in [2.45, 2.75) is 31.5 Å². The molecule has 0 fully saturated rings. The molecule has 0 radical (unpaired) electrons. The lowest BCUT2D eigenvalue weighted by molar-refractivity contribution is 0.0206. The Bertz CT molecular complexity index is 986. The van der Waals surface area contributed by atoms with Crippen LogP contribution in [0.15, 0.2) is 60.7 Å². The lowest BCUT2D eigenvalue weighted by Crippen LogP contribution is -2.36. The Balaban J connectivity index is 1.33. The number of nitrogens with one attached hydrogen (secondary N) is 1. The van der Waals surface area contributed by atoms with E-state index in [2.05, 4.69) is 29.6 Å². The Morgan fingerprint density at radius 1 is 1.03 bits per heavy atom. The summed E-state index contributed by atoms with van der Waals surface area (Å²) in [5.41, 5.74) is 4.63. The topological polar surface area (TPSA) is 78.8 Å². The van der Waals surface area contributed by atoms with Crippen LogP contribution in [-0.4, -0.2) is 35.6 Å². The maximum absolute atomic E-state index is 12.2. The number of hydrogen-bond donors (Lipinski definition) is 3. The molecule has 30 heavy (non-hydrogen) atoms. The number of amides is 1. The van der Waals surface area contributed by atoms with Gasteiger partial charge in [-0.05, 0) is 40.8 Å². The van der Waals surface area contributed by atoms with E-state index >= 15 is 0 Å². The number of benzene rings is 2. The van der Waals surface area contributed by atoms with Crippen LogP contribution in [0.5, 0.6) is 0 Å². The lowest BCUT2D eigenvalue weighted by Gasteiger charge is -2.18. The van der Waals surface area contributed by atoms with Crippen molar-refractivity contribution in [3.8, 4) is 11.1 Å². The molecule has 2 aromatic carbocycles. The zero-order chi connectivity index (χ0) is 21.1. The molecule has 0 saturated carbocycles. The van der Waals surface area contributed by atoms with Gasteiger partial charge in [-0.3, -0.25) is 0 Å². The van der Waals surface area contributed by atoms with Crippen molar-refractivity contribution in [2.24, 2.45) is 0 Å². The molecule has 0 bridgehead atoms. The molecule has 1 aromatic heterocycles. The van der Waals surface area contributed by atoms with Crippen molar-refractivity contribution in [1.82, 2.24) is 5.32 Å². The molecular weight excluding hydrogens is 398 g/mol. The summed E-state index contributed by atoms with van der Waals surface area (Å²) in [5.74, 6) is -0.0164. The first-order valence-electron chi connectivity index (χ1n) is 10.1. The number of carbonyl (C=O) groups is 1. The lowest BCUT2D eigenvalue weighted by atomic mass is 9.98. The second-order valence-electron chi connectivity index (χ2n) is 7.38. The minimum absolute atomic E-state index is 0.0164. The van der Waals surface area contributed by atoms with Crippen LogP contribution < -0.4 is 5.32 Å². The van der Waals surface area contributed by atoms with E-state index in [9.17, 15) is 15.0 Å². The number of carbonyl (C=O) groups excluding carboxylic acids is 1. The standard InChI is InChI=1S/C24H25NO4S/c1-2-15-11-12-22(30-15)23(27)21(26)13-25-24(28)29-14-20-18-9-5-3-7-16(18)17-8-4-6-10-19(17)20/h3-12,20-21,23,26-27H,2,13-14H2,1H3,(H,25,28). The van der Waals surface area contributed by atoms with Crippen LogP contribution in [0.25, 0.3) is 11.1 Å². The first-order valence-corrected chi connectivity index (χ1v) is 10.9. The van der Waals surface area contributed by atoms with Crippen molar-refractivity contribution in [3.63, 3.8) is 0 Å². The summed E-state index contributed by atoms with van der Waals surface area (Å²) in [5, 5.41) is 23.1. The summed E-state index contributed by atoms with van der Waals surface area (Å²) < 4.78 is 5.46. The number of aliphatic hydroxyl groups is 2. The fraction of sp³-hybridized carbons (Fsp3) is 0.292. The van der Waals surface area contributed by atoms with E-state index in [1.165, 1.54) is 22.5 Å². The highest BCUT2D eigenvalue weighted by atomic mass is 32.1. The zero-order valence-electron chi connectivity index (χ0n) is 16.7. The Morgan fingerprint density at radius 3 is 2.27 bits per heavy atom. The van der Waals surface area contributed by atoms with Gasteiger partial charge in [-0.1, -0.05) is 55.5 Å². The minimum Gasteiger partial charge on any atom is -0.449 e. The molecule has 4 rings (SSSR count). The Hall–Kier alpha value is -2.67. The van der Waals surface area contributed by atoms with Crippen LogP contribution in [0.1, 0.15) is 39.8 Å². The summed E-state index contributed by atoms with van der Waals surface area (Å²) in [7, 11) is 0. The van der Waals surface area contributed by atoms with Gasteiger partial charge in [-0.15, -0.1) is 11.3 Å². The molecule has 1 aliphatic rings. The Kier molecular flexibility index (Phi) is 6.18. The number of thiophene rings is 1. The van der Waals surface area contributed by atoms with Crippen molar-refractivity contribution in [1.29, 1.82) is 0 Å². The normalized spacial score (nSPS) is 14.6. The summed E-state index contributed by atoms with van der Waals surface area (Å²) in [4.78, 5) is 14.0. The summed E-state index contributed by atoms with van der Waals surface area (Å²) >= 11 is 1.46. The maximum atomic E-state index is 12.2. The molecule has 1 amide bonds. The third-order valence-electron chi connectivity index (χ3n) is 5.49. The van der Waals surface area contributed by atoms with Gasteiger partial charge in [0.25, 0.3) is 0 Å². The van der Waals surface area contributed by atoms with E-state index in [0.29, 0.717) is 4.88 Å². The second-order valence-corrected chi connectivity index (χ2v) is 8.58. The van der Waals surface area contributed by atoms with Crippen LogP contribution in [0.2, 0.25) is 0 Å². The van der Waals surface area contributed by atoms with Crippen molar-refractivity contribution < 1.29 is 19.7 Å². The number of alkyl carbamates (subject to hydrolysis) is 1. The highest BCUT2D eigenvalue weighted by Gasteiger charge is 2.29. The molecule has 5 nitrogen and oxygen atoms in total. The minimum atomic E-state index is -1.10. The molecule has 156 valence electrons. The molecular formula is C24H25NO4S. The monoisotopic (exact) mass is 423 g/mol. The van der Waals surface area contributed by atoms with Gasteiger partial charge in [-0.2, -0.15) is 0 Å². The van der Waals surface area contributed by atoms with Gasteiger partial charge in [0.1, 0.15) is 18.8 Å². The number of aliphatic hydroxyl groups excluding tert-OH is 2. The molecule has 6 heteroatoms. The van der Waals surface area contributed by atoms with E-state index < -0.39 is 18.3 Å². The van der Waals surface area contributed by atoms with Crippen molar-refractivity contribution in [3.05, 3.63) is 81.5 Å². The quantitative estimate of drug-likeness (QED) is 0.531. The van der Waals surface area contributed by atoms with Crippen molar-refractivity contribution >= 4 is 17.4 Å². The smallest absolute Gasteiger partial charge is 0.407 e. The van der Waals surface area contributed by atoms with Crippen LogP contribution in [0.4, 0.5) is 4.79 Å². The summed E-state index contributed by atoms with van der Waals surface area (Å²) in [6, 6.07) is 20.0. The van der Waals surface area contributed by atoms with Gasteiger partial charge in [0.05, 0.1) is 0 Å². The summed E-state index contributed by atoms with van der Waals surface area (Å²) in [6.07, 6.45) is -1.87. The van der Waals surface area contributed by atoms with E-state index in [1.807, 2.05) is 43.3 Å². The highest BCUT2D eigenvalue weighted by Crippen LogP contribution is 2.44. The molecule has 2 atom stereocenters. The molecule has 1 heterocycles. The molecule has 0 spiro atoms. The number of rotatable bonds is 7. The second kappa shape index (κ2) is 9.00. The SMILES string of the molecule is CCc1ccc(C(O)C(O)CNC(=O)OCC2c3ccccc3-c3ccccc32)s1. The molecule has 3 aromatic rings. The van der Waals surface area contributed by atoms with Gasteiger partial charge in [0.2, 0.25) is 0 Å². The van der Waals surface area contributed by atoms with Gasteiger partial charge in [0.15, 0.2) is 0 Å². The van der Waals surface area contributed by atoms with E-state index in [4.69, 9.17) is 4.74 Å². The predicted molar refractivity (Wildman–Crippen MR) is 118 cm³/mol. The van der Waals surface area contributed by atoms with Gasteiger partial charge < -0.3 is 20.3 Å². The Morgan fingerprint density at radius 2 is 1.67 bits per heavy atom. The highest BCUT2D eigenvalue weighted by molar-refractivity contribution is 7.12. The van der Waals surface area contributed by atoms with Gasteiger partial charge in [0, 0.05) is 22.2 Å². The number of hydrogen-bond acceptors (Lipinski definition) is 5. The van der Waals surface area contributed by atoms with E-state index in [-0.39, 0.29) is 19.1 Å². The zero-order valence-corrected chi connectivity index (χ0v) is 17.6. The van der Waals surface area contributed by atoms with E-state index in [0.717, 1.165) is 22.4 Å². The first kappa shape index (κ1) is 20.6. The molecule has 0 aliphatic heterocycles. The predicted octanol–water partition coefficient (Wildman–Crippen LogP) is 4.24. The van der Waals surface area contributed by atoms with Gasteiger partial charge in [-0.25, -0.2) is 4.79 Å². The average molecular weight is 424 g/mol. The largest absolute Gasteiger partial charge is 0.449 e. The number of fused-ring (bicyclic) bond motifs is 3. The molecule has 1 aliphatic carbocycles. The fourth-order valence-corrected chi connectivity index (χ4v) is 4.88. The van der Waals surface area contributed by atoms with Crippen LogP contribution in [0, 0.1) is 0 Å².